The normalized spacial score (nSPS) is 13.9. The summed E-state index contributed by atoms with van der Waals surface area (Å²) in [6.07, 6.45) is 22.3. The van der Waals surface area contributed by atoms with Crippen molar-refractivity contribution in [2.45, 2.75) is 89.9 Å². The molecule has 3 heteroatoms. The van der Waals surface area contributed by atoms with Crippen molar-refractivity contribution in [1.82, 2.24) is 0 Å². The zero-order valence-corrected chi connectivity index (χ0v) is 18.1. The zero-order valence-electron chi connectivity index (χ0n) is 17.3. The highest BCUT2D eigenvalue weighted by molar-refractivity contribution is 6.30. The van der Waals surface area contributed by atoms with Crippen LogP contribution in [0.15, 0.2) is 30.3 Å². The van der Waals surface area contributed by atoms with Gasteiger partial charge in [-0.2, -0.15) is 0 Å². The fourth-order valence-electron chi connectivity index (χ4n) is 3.49. The third-order valence-electron chi connectivity index (χ3n) is 5.48. The van der Waals surface area contributed by atoms with Crippen LogP contribution >= 0.6 is 11.6 Å². The highest BCUT2D eigenvalue weighted by Crippen LogP contribution is 2.34. The average molecular weight is 405 g/mol. The smallest absolute Gasteiger partial charge is 0.330 e. The third kappa shape index (κ3) is 12.2. The Labute approximate surface area is 176 Å². The van der Waals surface area contributed by atoms with Crippen molar-refractivity contribution in [2.75, 3.05) is 6.61 Å². The minimum Gasteiger partial charge on any atom is -0.463 e. The van der Waals surface area contributed by atoms with Crippen LogP contribution in [-0.4, -0.2) is 12.6 Å². The SMILES string of the molecule is O=C(/C=C/c1ccc(Cl)cc1)OCCCCCCCCCCCCCC1CC1. The molecule has 1 aromatic rings. The number of carbonyl (C=O) groups excluding carboxylic acids is 1. The molecule has 0 atom stereocenters. The molecule has 28 heavy (non-hydrogen) atoms. The monoisotopic (exact) mass is 404 g/mol. The maximum atomic E-state index is 11.7. The Morgan fingerprint density at radius 2 is 1.39 bits per heavy atom. The van der Waals surface area contributed by atoms with Gasteiger partial charge in [0.25, 0.3) is 0 Å². The number of hydrogen-bond donors (Lipinski definition) is 0. The summed E-state index contributed by atoms with van der Waals surface area (Å²) in [4.78, 5) is 11.7. The molecule has 0 saturated heterocycles. The van der Waals surface area contributed by atoms with E-state index < -0.39 is 0 Å². The van der Waals surface area contributed by atoms with Gasteiger partial charge in [-0.3, -0.25) is 0 Å². The van der Waals surface area contributed by atoms with E-state index in [2.05, 4.69) is 0 Å². The number of rotatable bonds is 16. The van der Waals surface area contributed by atoms with Gasteiger partial charge in [0.05, 0.1) is 6.61 Å². The minimum atomic E-state index is -0.271. The van der Waals surface area contributed by atoms with Gasteiger partial charge >= 0.3 is 5.97 Å². The van der Waals surface area contributed by atoms with Gasteiger partial charge in [0, 0.05) is 11.1 Å². The summed E-state index contributed by atoms with van der Waals surface area (Å²) in [5.74, 6) is 0.835. The molecule has 0 radical (unpaired) electrons. The van der Waals surface area contributed by atoms with E-state index >= 15 is 0 Å². The van der Waals surface area contributed by atoms with Crippen LogP contribution in [0.3, 0.4) is 0 Å². The van der Waals surface area contributed by atoms with Crippen LogP contribution in [0.25, 0.3) is 6.08 Å². The Hall–Kier alpha value is -1.28. The fraction of sp³-hybridized carbons (Fsp3) is 0.640. The predicted molar refractivity (Wildman–Crippen MR) is 120 cm³/mol. The number of ether oxygens (including phenoxy) is 1. The maximum Gasteiger partial charge on any atom is 0.330 e. The molecule has 156 valence electrons. The maximum absolute atomic E-state index is 11.7. The van der Waals surface area contributed by atoms with Crippen LogP contribution in [0.2, 0.25) is 5.02 Å². The summed E-state index contributed by atoms with van der Waals surface area (Å²) in [6, 6.07) is 7.37. The van der Waals surface area contributed by atoms with Crippen LogP contribution in [0.4, 0.5) is 0 Å². The van der Waals surface area contributed by atoms with Crippen LogP contribution in [0.1, 0.15) is 95.5 Å². The lowest BCUT2D eigenvalue weighted by molar-refractivity contribution is -0.137. The molecule has 0 N–H and O–H groups in total. The summed E-state index contributed by atoms with van der Waals surface area (Å²) in [5, 5.41) is 0.693. The lowest BCUT2D eigenvalue weighted by atomic mass is 10.0. The fourth-order valence-corrected chi connectivity index (χ4v) is 3.62. The standard InChI is InChI=1S/C25H37ClO2/c26-24-18-15-23(16-19-24)17-20-25(27)28-21-11-9-7-5-3-1-2-4-6-8-10-12-22-13-14-22/h15-20,22H,1-14,21H2/b20-17+. The Bertz CT molecular complexity index is 560. The first-order chi connectivity index (χ1) is 13.7. The number of unbranched alkanes of at least 4 members (excludes halogenated alkanes) is 10. The molecular weight excluding hydrogens is 368 g/mol. The van der Waals surface area contributed by atoms with Crippen molar-refractivity contribution in [3.63, 3.8) is 0 Å². The third-order valence-corrected chi connectivity index (χ3v) is 5.73. The van der Waals surface area contributed by atoms with Crippen molar-refractivity contribution >= 4 is 23.6 Å². The number of halogens is 1. The molecule has 1 aromatic carbocycles. The van der Waals surface area contributed by atoms with E-state index in [0.717, 1.165) is 24.3 Å². The van der Waals surface area contributed by atoms with Gasteiger partial charge in [0.1, 0.15) is 0 Å². The van der Waals surface area contributed by atoms with Crippen molar-refractivity contribution in [1.29, 1.82) is 0 Å². The summed E-state index contributed by atoms with van der Waals surface area (Å²) in [7, 11) is 0. The molecule has 2 rings (SSSR count). The topological polar surface area (TPSA) is 26.3 Å². The Balaban J connectivity index is 1.31. The molecule has 1 saturated carbocycles. The minimum absolute atomic E-state index is 0.271. The van der Waals surface area contributed by atoms with Crippen molar-refractivity contribution in [2.24, 2.45) is 5.92 Å². The molecule has 2 nitrogen and oxygen atoms in total. The quantitative estimate of drug-likeness (QED) is 0.158. The molecular formula is C25H37ClO2. The Kier molecular flexibility index (Phi) is 12.1. The van der Waals surface area contributed by atoms with Gasteiger partial charge in [-0.05, 0) is 36.1 Å². The lowest BCUT2D eigenvalue weighted by Crippen LogP contribution is -2.02. The molecule has 0 amide bonds. The largest absolute Gasteiger partial charge is 0.463 e. The van der Waals surface area contributed by atoms with E-state index in [1.54, 1.807) is 6.08 Å². The van der Waals surface area contributed by atoms with Crippen molar-refractivity contribution < 1.29 is 9.53 Å². The Morgan fingerprint density at radius 1 is 0.857 bits per heavy atom. The van der Waals surface area contributed by atoms with Gasteiger partial charge in [-0.15, -0.1) is 0 Å². The van der Waals surface area contributed by atoms with Gasteiger partial charge < -0.3 is 4.74 Å². The summed E-state index contributed by atoms with van der Waals surface area (Å²) in [5.41, 5.74) is 0.944. The first-order valence-electron chi connectivity index (χ1n) is 11.3. The second kappa shape index (κ2) is 14.7. The molecule has 1 fully saturated rings. The van der Waals surface area contributed by atoms with E-state index in [-0.39, 0.29) is 5.97 Å². The first-order valence-corrected chi connectivity index (χ1v) is 11.7. The second-order valence-corrected chi connectivity index (χ2v) is 8.61. The number of benzene rings is 1. The summed E-state index contributed by atoms with van der Waals surface area (Å²) >= 11 is 5.84. The molecule has 1 aliphatic carbocycles. The summed E-state index contributed by atoms with van der Waals surface area (Å²) in [6.45, 7) is 0.519. The lowest BCUT2D eigenvalue weighted by Gasteiger charge is -2.04. The van der Waals surface area contributed by atoms with E-state index in [1.165, 1.54) is 83.1 Å². The van der Waals surface area contributed by atoms with Crippen LogP contribution in [-0.2, 0) is 9.53 Å². The van der Waals surface area contributed by atoms with E-state index in [1.807, 2.05) is 24.3 Å². The van der Waals surface area contributed by atoms with Gasteiger partial charge in [0.2, 0.25) is 0 Å². The number of hydrogen-bond acceptors (Lipinski definition) is 2. The van der Waals surface area contributed by atoms with Gasteiger partial charge in [-0.1, -0.05) is 107 Å². The molecule has 1 aliphatic rings. The molecule has 0 heterocycles. The summed E-state index contributed by atoms with van der Waals surface area (Å²) < 4.78 is 5.25. The van der Waals surface area contributed by atoms with Crippen LogP contribution in [0, 0.1) is 5.92 Å². The molecule has 0 aromatic heterocycles. The van der Waals surface area contributed by atoms with Crippen LogP contribution < -0.4 is 0 Å². The molecule has 0 bridgehead atoms. The number of esters is 1. The van der Waals surface area contributed by atoms with Gasteiger partial charge in [-0.25, -0.2) is 4.79 Å². The number of carbonyl (C=O) groups is 1. The molecule has 0 aliphatic heterocycles. The van der Waals surface area contributed by atoms with Gasteiger partial charge in [0.15, 0.2) is 0 Å². The highest BCUT2D eigenvalue weighted by Gasteiger charge is 2.19. The van der Waals surface area contributed by atoms with E-state index in [9.17, 15) is 4.79 Å². The van der Waals surface area contributed by atoms with Crippen molar-refractivity contribution in [3.05, 3.63) is 40.9 Å². The molecule has 0 unspecified atom stereocenters. The second-order valence-electron chi connectivity index (χ2n) is 8.17. The first kappa shape index (κ1) is 23.0. The van der Waals surface area contributed by atoms with Crippen LogP contribution in [0.5, 0.6) is 0 Å². The zero-order chi connectivity index (χ0) is 19.9. The van der Waals surface area contributed by atoms with E-state index in [0.29, 0.717) is 11.6 Å². The predicted octanol–water partition coefficient (Wildman–Crippen LogP) is 7.99. The van der Waals surface area contributed by atoms with E-state index in [4.69, 9.17) is 16.3 Å². The Morgan fingerprint density at radius 3 is 1.96 bits per heavy atom. The average Bonchev–Trinajstić information content (AvgIpc) is 3.52. The van der Waals surface area contributed by atoms with Crippen molar-refractivity contribution in [3.8, 4) is 0 Å². The highest BCUT2D eigenvalue weighted by atomic mass is 35.5. The molecule has 0 spiro atoms.